The van der Waals surface area contributed by atoms with Crippen LogP contribution in [0.5, 0.6) is 0 Å². The molecular weight excluding hydrogens is 669 g/mol. The van der Waals surface area contributed by atoms with Gasteiger partial charge in [0.1, 0.15) is 6.61 Å². The van der Waals surface area contributed by atoms with Gasteiger partial charge >= 0.3 is 11.9 Å². The maximum Gasteiger partial charge on any atom is 0.306 e. The molecule has 0 heterocycles. The van der Waals surface area contributed by atoms with E-state index in [2.05, 4.69) is 112 Å². The van der Waals surface area contributed by atoms with E-state index < -0.39 is 6.10 Å². The van der Waals surface area contributed by atoms with Gasteiger partial charge in [0.25, 0.3) is 0 Å². The molecule has 306 valence electrons. The van der Waals surface area contributed by atoms with Gasteiger partial charge in [-0.05, 0) is 77.0 Å². The lowest BCUT2D eigenvalue weighted by atomic mass is 10.1. The lowest BCUT2D eigenvalue weighted by Crippen LogP contribution is -2.30. The molecule has 1 atom stereocenters. The van der Waals surface area contributed by atoms with Crippen LogP contribution in [0.1, 0.15) is 175 Å². The molecule has 1 unspecified atom stereocenters. The van der Waals surface area contributed by atoms with Crippen LogP contribution in [0.25, 0.3) is 0 Å². The molecule has 5 nitrogen and oxygen atoms in total. The Kier molecular flexibility index (Phi) is 41.6. The summed E-state index contributed by atoms with van der Waals surface area (Å²) in [5, 5.41) is 0. The summed E-state index contributed by atoms with van der Waals surface area (Å²) in [4.78, 5) is 25.1. The van der Waals surface area contributed by atoms with Crippen molar-refractivity contribution >= 4 is 11.9 Å². The Hall–Kier alpha value is -3.18. The predicted molar refractivity (Wildman–Crippen MR) is 233 cm³/mol. The zero-order valence-electron chi connectivity index (χ0n) is 34.9. The third-order valence-electron chi connectivity index (χ3n) is 8.63. The molecule has 0 bridgehead atoms. The predicted octanol–water partition coefficient (Wildman–Crippen LogP) is 14.3. The summed E-state index contributed by atoms with van der Waals surface area (Å²) in [5.41, 5.74) is 0. The summed E-state index contributed by atoms with van der Waals surface area (Å²) in [6.45, 7) is 7.35. The number of rotatable bonds is 38. The highest BCUT2D eigenvalue weighted by molar-refractivity contribution is 5.70. The first-order valence-corrected chi connectivity index (χ1v) is 21.8. The number of allylic oxidation sites excluding steroid dienone is 16. The van der Waals surface area contributed by atoms with Crippen molar-refractivity contribution in [3.05, 3.63) is 97.2 Å². The zero-order chi connectivity index (χ0) is 39.3. The first-order valence-electron chi connectivity index (χ1n) is 21.8. The second-order valence-electron chi connectivity index (χ2n) is 13.8. The fourth-order valence-corrected chi connectivity index (χ4v) is 5.47. The molecule has 0 N–H and O–H groups in total. The van der Waals surface area contributed by atoms with Gasteiger partial charge in [0.05, 0.1) is 6.61 Å². The quantitative estimate of drug-likeness (QED) is 0.0357. The minimum Gasteiger partial charge on any atom is -0.462 e. The zero-order valence-corrected chi connectivity index (χ0v) is 34.9. The minimum absolute atomic E-state index is 0.0217. The van der Waals surface area contributed by atoms with Gasteiger partial charge in [0.2, 0.25) is 0 Å². The number of hydrogen-bond acceptors (Lipinski definition) is 5. The normalized spacial score (nSPS) is 13.2. The van der Waals surface area contributed by atoms with Crippen LogP contribution >= 0.6 is 0 Å². The standard InChI is InChI=1S/C49H80O5/c1-4-7-10-13-16-19-22-24-26-29-32-35-38-41-44-52-45-47(54-49(51)43-40-37-34-31-27-21-18-15-12-9-6-3)46-53-48(50)42-39-36-33-30-28-25-23-20-17-14-11-8-5-2/h7-8,10-11,16-17,19-20,24-26,28,32-33,35-36,47H,4-6,9,12-15,18,21-23,27,29-31,34,37-46H2,1-3H3/b10-7-,11-8-,19-16-,20-17-,26-24-,28-25-,35-32-,36-33-. The van der Waals surface area contributed by atoms with Gasteiger partial charge in [0, 0.05) is 19.4 Å². The van der Waals surface area contributed by atoms with Crippen LogP contribution in [0, 0.1) is 0 Å². The number of unbranched alkanes of at least 4 members (excludes halogenated alkanes) is 11. The molecule has 0 rings (SSSR count). The fourth-order valence-electron chi connectivity index (χ4n) is 5.47. The topological polar surface area (TPSA) is 61.8 Å². The number of hydrogen-bond donors (Lipinski definition) is 0. The van der Waals surface area contributed by atoms with Crippen LogP contribution in [0.15, 0.2) is 97.2 Å². The Balaban J connectivity index is 4.46. The highest BCUT2D eigenvalue weighted by Crippen LogP contribution is 2.13. The third-order valence-corrected chi connectivity index (χ3v) is 8.63. The number of carbonyl (C=O) groups is 2. The van der Waals surface area contributed by atoms with Gasteiger partial charge in [-0.25, -0.2) is 0 Å². The van der Waals surface area contributed by atoms with Crippen LogP contribution in [-0.2, 0) is 23.8 Å². The van der Waals surface area contributed by atoms with Crippen LogP contribution < -0.4 is 0 Å². The first kappa shape index (κ1) is 50.8. The van der Waals surface area contributed by atoms with Crippen molar-refractivity contribution in [1.29, 1.82) is 0 Å². The Labute approximate surface area is 332 Å². The Morgan fingerprint density at radius 1 is 0.426 bits per heavy atom. The molecule has 0 saturated carbocycles. The van der Waals surface area contributed by atoms with E-state index in [1.54, 1.807) is 0 Å². The number of esters is 2. The summed E-state index contributed by atoms with van der Waals surface area (Å²) in [5.74, 6) is -0.529. The molecule has 5 heteroatoms. The van der Waals surface area contributed by atoms with Gasteiger partial charge in [-0.3, -0.25) is 9.59 Å². The lowest BCUT2D eigenvalue weighted by Gasteiger charge is -2.18. The summed E-state index contributed by atoms with van der Waals surface area (Å²) < 4.78 is 17.1. The Bertz CT molecular complexity index is 1070. The third kappa shape index (κ3) is 41.6. The number of ether oxygens (including phenoxy) is 3. The molecule has 0 aromatic rings. The molecule has 0 aromatic carbocycles. The largest absolute Gasteiger partial charge is 0.462 e. The van der Waals surface area contributed by atoms with E-state index in [0.29, 0.717) is 25.9 Å². The van der Waals surface area contributed by atoms with E-state index in [0.717, 1.165) is 83.5 Å². The van der Waals surface area contributed by atoms with E-state index in [4.69, 9.17) is 14.2 Å². The summed E-state index contributed by atoms with van der Waals surface area (Å²) >= 11 is 0. The van der Waals surface area contributed by atoms with Crippen LogP contribution in [0.4, 0.5) is 0 Å². The summed E-state index contributed by atoms with van der Waals surface area (Å²) in [6.07, 6.45) is 58.6. The smallest absolute Gasteiger partial charge is 0.306 e. The van der Waals surface area contributed by atoms with Gasteiger partial charge in [-0.2, -0.15) is 0 Å². The van der Waals surface area contributed by atoms with Gasteiger partial charge in [0.15, 0.2) is 6.10 Å². The number of carbonyl (C=O) groups excluding carboxylic acids is 2. The van der Waals surface area contributed by atoms with Crippen LogP contribution in [0.2, 0.25) is 0 Å². The highest BCUT2D eigenvalue weighted by atomic mass is 16.6. The maximum atomic E-state index is 12.7. The van der Waals surface area contributed by atoms with Gasteiger partial charge in [-0.1, -0.05) is 182 Å². The highest BCUT2D eigenvalue weighted by Gasteiger charge is 2.17. The average molecular weight is 749 g/mol. The van der Waals surface area contributed by atoms with Crippen molar-refractivity contribution < 1.29 is 23.8 Å². The van der Waals surface area contributed by atoms with Gasteiger partial charge < -0.3 is 14.2 Å². The maximum absolute atomic E-state index is 12.7. The minimum atomic E-state index is -0.594. The Morgan fingerprint density at radius 3 is 1.33 bits per heavy atom. The van der Waals surface area contributed by atoms with Crippen molar-refractivity contribution in [1.82, 2.24) is 0 Å². The van der Waals surface area contributed by atoms with Crippen molar-refractivity contribution in [3.63, 3.8) is 0 Å². The van der Waals surface area contributed by atoms with E-state index in [1.807, 2.05) is 6.08 Å². The molecule has 54 heavy (non-hydrogen) atoms. The second kappa shape index (κ2) is 44.2. The van der Waals surface area contributed by atoms with E-state index in [1.165, 1.54) is 51.4 Å². The molecule has 0 radical (unpaired) electrons. The molecule has 0 saturated heterocycles. The summed E-state index contributed by atoms with van der Waals surface area (Å²) in [6, 6.07) is 0. The van der Waals surface area contributed by atoms with Crippen molar-refractivity contribution in [3.8, 4) is 0 Å². The van der Waals surface area contributed by atoms with Gasteiger partial charge in [-0.15, -0.1) is 0 Å². The SMILES string of the molecule is CC/C=C\C/C=C\C/C=C\C/C=C\CCCOCC(COC(=O)CC/C=C\C/C=C\C/C=C\C/C=C\CC)OC(=O)CCCCCCCCCCCCC. The first-order chi connectivity index (χ1) is 26.6. The molecule has 0 aromatic heterocycles. The van der Waals surface area contributed by atoms with E-state index in [9.17, 15) is 9.59 Å². The fraction of sp³-hybridized carbons (Fsp3) is 0.633. The molecular formula is C49H80O5. The monoisotopic (exact) mass is 749 g/mol. The van der Waals surface area contributed by atoms with Crippen LogP contribution in [-0.4, -0.2) is 37.9 Å². The van der Waals surface area contributed by atoms with E-state index >= 15 is 0 Å². The molecule has 0 amide bonds. The van der Waals surface area contributed by atoms with E-state index in [-0.39, 0.29) is 25.2 Å². The average Bonchev–Trinajstić information content (AvgIpc) is 3.17. The molecule has 0 spiro atoms. The Morgan fingerprint density at radius 2 is 0.852 bits per heavy atom. The molecule has 0 aliphatic rings. The van der Waals surface area contributed by atoms with Crippen LogP contribution in [0.3, 0.4) is 0 Å². The van der Waals surface area contributed by atoms with Crippen molar-refractivity contribution in [2.75, 3.05) is 19.8 Å². The second-order valence-corrected chi connectivity index (χ2v) is 13.8. The van der Waals surface area contributed by atoms with Crippen molar-refractivity contribution in [2.24, 2.45) is 0 Å². The summed E-state index contributed by atoms with van der Waals surface area (Å²) in [7, 11) is 0. The lowest BCUT2D eigenvalue weighted by molar-refractivity contribution is -0.162. The van der Waals surface area contributed by atoms with Crippen molar-refractivity contribution in [2.45, 2.75) is 181 Å². The molecule has 0 aliphatic carbocycles. The molecule has 0 fully saturated rings. The molecule has 0 aliphatic heterocycles.